The first-order valence-corrected chi connectivity index (χ1v) is 7.96. The second kappa shape index (κ2) is 6.27. The van der Waals surface area contributed by atoms with E-state index in [1.165, 1.54) is 11.0 Å². The number of nitrogens with one attached hydrogen (secondary N) is 1. The lowest BCUT2D eigenvalue weighted by molar-refractivity contribution is -0.122. The highest BCUT2D eigenvalue weighted by Crippen LogP contribution is 2.29. The van der Waals surface area contributed by atoms with Crippen molar-refractivity contribution in [2.45, 2.75) is 0 Å². The van der Waals surface area contributed by atoms with Gasteiger partial charge in [-0.2, -0.15) is 0 Å². The number of nitrogens with zero attached hydrogens (tertiary/aromatic N) is 1. The topological polar surface area (TPSA) is 62.6 Å². The number of para-hydroxylation sites is 1. The van der Waals surface area contributed by atoms with E-state index in [0.717, 1.165) is 0 Å². The van der Waals surface area contributed by atoms with Crippen molar-refractivity contribution in [1.82, 2.24) is 5.32 Å². The smallest absolute Gasteiger partial charge is 0.270 e. The van der Waals surface area contributed by atoms with Gasteiger partial charge in [0, 0.05) is 0 Å². The summed E-state index contributed by atoms with van der Waals surface area (Å²) in [5.41, 5.74) is 0.302. The van der Waals surface area contributed by atoms with Gasteiger partial charge in [0.25, 0.3) is 11.8 Å². The van der Waals surface area contributed by atoms with Gasteiger partial charge < -0.3 is 4.42 Å². The van der Waals surface area contributed by atoms with Crippen molar-refractivity contribution < 1.29 is 14.0 Å². The van der Waals surface area contributed by atoms with Crippen molar-refractivity contribution in [3.05, 3.63) is 57.4 Å². The Labute approximate surface area is 150 Å². The molecule has 1 aliphatic rings. The van der Waals surface area contributed by atoms with Gasteiger partial charge in [-0.15, -0.1) is 0 Å². The third-order valence-corrected chi connectivity index (χ3v) is 4.11. The Morgan fingerprint density at radius 3 is 2.61 bits per heavy atom. The SMILES string of the molecule is O=C1NC(=S)N(c2ccccc2Cl)C(=O)/C1=C/c1ccc(Br)o1. The van der Waals surface area contributed by atoms with Crippen LogP contribution < -0.4 is 10.2 Å². The number of anilines is 1. The van der Waals surface area contributed by atoms with Crippen molar-refractivity contribution in [2.75, 3.05) is 4.90 Å². The predicted octanol–water partition coefficient (Wildman–Crippen LogP) is 3.53. The molecule has 0 spiro atoms. The molecule has 3 rings (SSSR count). The van der Waals surface area contributed by atoms with Crippen molar-refractivity contribution >= 4 is 68.4 Å². The number of halogens is 2. The Hall–Kier alpha value is -1.96. The molecule has 0 unspecified atom stereocenters. The molecule has 0 bridgehead atoms. The minimum atomic E-state index is -0.587. The second-order valence-electron chi connectivity index (χ2n) is 4.55. The summed E-state index contributed by atoms with van der Waals surface area (Å²) < 4.78 is 5.80. The highest BCUT2D eigenvalue weighted by atomic mass is 79.9. The van der Waals surface area contributed by atoms with E-state index >= 15 is 0 Å². The fourth-order valence-corrected chi connectivity index (χ4v) is 2.87. The van der Waals surface area contributed by atoms with Crippen LogP contribution in [-0.4, -0.2) is 16.9 Å². The third-order valence-electron chi connectivity index (χ3n) is 3.08. The fourth-order valence-electron chi connectivity index (χ4n) is 2.06. The number of amides is 2. The zero-order valence-corrected chi connectivity index (χ0v) is 14.5. The van der Waals surface area contributed by atoms with Crippen molar-refractivity contribution in [3.8, 4) is 0 Å². The number of hydrogen-bond donors (Lipinski definition) is 1. The molecule has 0 saturated carbocycles. The monoisotopic (exact) mass is 410 g/mol. The minimum Gasteiger partial charge on any atom is -0.450 e. The quantitative estimate of drug-likeness (QED) is 0.466. The molecular formula is C15H8BrClN2O3S. The van der Waals surface area contributed by atoms with Gasteiger partial charge in [-0.3, -0.25) is 19.8 Å². The molecule has 1 fully saturated rings. The van der Waals surface area contributed by atoms with Crippen LogP contribution in [0, 0.1) is 0 Å². The Morgan fingerprint density at radius 1 is 1.22 bits per heavy atom. The highest BCUT2D eigenvalue weighted by Gasteiger charge is 2.35. The van der Waals surface area contributed by atoms with Crippen LogP contribution in [0.5, 0.6) is 0 Å². The lowest BCUT2D eigenvalue weighted by Gasteiger charge is -2.29. The Kier molecular flexibility index (Phi) is 4.34. The molecule has 1 aromatic heterocycles. The molecule has 1 saturated heterocycles. The number of hydrogen-bond acceptors (Lipinski definition) is 4. The van der Waals surface area contributed by atoms with E-state index in [2.05, 4.69) is 21.2 Å². The molecule has 2 aromatic rings. The van der Waals surface area contributed by atoms with Gasteiger partial charge >= 0.3 is 0 Å². The number of furan rings is 1. The largest absolute Gasteiger partial charge is 0.450 e. The molecule has 2 amide bonds. The van der Waals surface area contributed by atoms with Crippen molar-refractivity contribution in [1.29, 1.82) is 0 Å². The zero-order chi connectivity index (χ0) is 16.6. The van der Waals surface area contributed by atoms with Crippen LogP contribution in [0.1, 0.15) is 5.76 Å². The maximum atomic E-state index is 12.7. The summed E-state index contributed by atoms with van der Waals surface area (Å²) in [5.74, 6) is -0.794. The molecule has 0 radical (unpaired) electrons. The molecular weight excluding hydrogens is 404 g/mol. The van der Waals surface area contributed by atoms with E-state index in [1.807, 2.05) is 0 Å². The van der Waals surface area contributed by atoms with E-state index < -0.39 is 11.8 Å². The van der Waals surface area contributed by atoms with Crippen LogP contribution in [0.4, 0.5) is 5.69 Å². The lowest BCUT2D eigenvalue weighted by atomic mass is 10.1. The first-order valence-electron chi connectivity index (χ1n) is 6.38. The number of rotatable bonds is 2. The average Bonchev–Trinajstić information content (AvgIpc) is 2.91. The van der Waals surface area contributed by atoms with Gasteiger partial charge in [-0.25, -0.2) is 0 Å². The Bertz CT molecular complexity index is 862. The van der Waals surface area contributed by atoms with Gasteiger partial charge in [-0.05, 0) is 58.5 Å². The first kappa shape index (κ1) is 15.9. The summed E-state index contributed by atoms with van der Waals surface area (Å²) in [6.45, 7) is 0. The molecule has 23 heavy (non-hydrogen) atoms. The van der Waals surface area contributed by atoms with E-state index in [1.54, 1.807) is 36.4 Å². The second-order valence-corrected chi connectivity index (χ2v) is 6.13. The molecule has 116 valence electrons. The van der Waals surface area contributed by atoms with E-state index in [-0.39, 0.29) is 10.7 Å². The average molecular weight is 412 g/mol. The van der Waals surface area contributed by atoms with Gasteiger partial charge in [0.05, 0.1) is 10.7 Å². The van der Waals surface area contributed by atoms with Crippen molar-refractivity contribution in [3.63, 3.8) is 0 Å². The Balaban J connectivity index is 2.04. The molecule has 0 atom stereocenters. The van der Waals surface area contributed by atoms with Gasteiger partial charge in [0.1, 0.15) is 11.3 Å². The van der Waals surface area contributed by atoms with Crippen LogP contribution in [0.15, 0.2) is 51.1 Å². The normalized spacial score (nSPS) is 16.9. The van der Waals surface area contributed by atoms with Gasteiger partial charge in [0.2, 0.25) is 0 Å². The first-order chi connectivity index (χ1) is 11.0. The molecule has 1 aliphatic heterocycles. The van der Waals surface area contributed by atoms with Crippen LogP contribution >= 0.6 is 39.7 Å². The molecule has 1 N–H and O–H groups in total. The van der Waals surface area contributed by atoms with Crippen LogP contribution in [0.3, 0.4) is 0 Å². The van der Waals surface area contributed by atoms with Crippen LogP contribution in [-0.2, 0) is 9.59 Å². The lowest BCUT2D eigenvalue weighted by Crippen LogP contribution is -2.54. The number of benzene rings is 1. The highest BCUT2D eigenvalue weighted by molar-refractivity contribution is 9.10. The minimum absolute atomic E-state index is 0.0223. The van der Waals surface area contributed by atoms with E-state index in [9.17, 15) is 9.59 Å². The fraction of sp³-hybridized carbons (Fsp3) is 0. The summed E-state index contributed by atoms with van der Waals surface area (Å²) in [6, 6.07) is 10.0. The van der Waals surface area contributed by atoms with Crippen LogP contribution in [0.2, 0.25) is 5.02 Å². The summed E-state index contributed by atoms with van der Waals surface area (Å²) >= 11 is 14.4. The predicted molar refractivity (Wildman–Crippen MR) is 94.1 cm³/mol. The summed E-state index contributed by atoms with van der Waals surface area (Å²) in [6.07, 6.45) is 1.36. The van der Waals surface area contributed by atoms with Gasteiger partial charge in [0.15, 0.2) is 9.78 Å². The summed E-state index contributed by atoms with van der Waals surface area (Å²) in [7, 11) is 0. The molecule has 2 heterocycles. The maximum absolute atomic E-state index is 12.7. The zero-order valence-electron chi connectivity index (χ0n) is 11.4. The number of thiocarbonyl (C=S) groups is 1. The molecule has 0 aliphatic carbocycles. The van der Waals surface area contributed by atoms with Crippen molar-refractivity contribution in [2.24, 2.45) is 0 Å². The standard InChI is InChI=1S/C15H8BrClN2O3S/c16-12-6-5-8(22-12)7-9-13(20)18-15(23)19(14(9)21)11-4-2-1-3-10(11)17/h1-7H,(H,18,20,23)/b9-7+. The molecule has 1 aromatic carbocycles. The maximum Gasteiger partial charge on any atom is 0.270 e. The van der Waals surface area contributed by atoms with E-state index in [4.69, 9.17) is 28.2 Å². The Morgan fingerprint density at radius 2 is 1.96 bits per heavy atom. The molecule has 5 nitrogen and oxygen atoms in total. The molecule has 8 heteroatoms. The van der Waals surface area contributed by atoms with Crippen LogP contribution in [0.25, 0.3) is 6.08 Å². The summed E-state index contributed by atoms with van der Waals surface area (Å²) in [5, 5.41) is 2.80. The van der Waals surface area contributed by atoms with E-state index in [0.29, 0.717) is 21.1 Å². The number of carbonyl (C=O) groups excluding carboxylic acids is 2. The third kappa shape index (κ3) is 3.08. The number of carbonyl (C=O) groups is 2. The summed E-state index contributed by atoms with van der Waals surface area (Å²) in [4.78, 5) is 26.0. The van der Waals surface area contributed by atoms with Gasteiger partial charge in [-0.1, -0.05) is 23.7 Å².